The quantitative estimate of drug-likeness (QED) is 0.628. The van der Waals surface area contributed by atoms with E-state index in [0.29, 0.717) is 6.92 Å². The van der Waals surface area contributed by atoms with Crippen LogP contribution in [0.2, 0.25) is 6.32 Å². The van der Waals surface area contributed by atoms with Gasteiger partial charge in [0.1, 0.15) is 0 Å². The molecule has 0 atom stereocenters. The predicted molar refractivity (Wildman–Crippen MR) is 65.8 cm³/mol. The van der Waals surface area contributed by atoms with Crippen molar-refractivity contribution < 1.29 is 4.65 Å². The molecule has 0 fully saturated rings. The first kappa shape index (κ1) is 10.8. The third-order valence-corrected chi connectivity index (χ3v) is 3.36. The molecular formula is C13H21BO. The molecule has 0 bridgehead atoms. The van der Waals surface area contributed by atoms with Crippen molar-refractivity contribution in [3.8, 4) is 0 Å². The van der Waals surface area contributed by atoms with E-state index in [2.05, 4.69) is 19.0 Å². The van der Waals surface area contributed by atoms with Gasteiger partial charge in [0.25, 0.3) is 0 Å². The molecule has 0 saturated heterocycles. The Kier molecular flexibility index (Phi) is 3.93. The average molecular weight is 204 g/mol. The van der Waals surface area contributed by atoms with E-state index in [-0.39, 0.29) is 0 Å². The van der Waals surface area contributed by atoms with E-state index >= 15 is 0 Å². The van der Waals surface area contributed by atoms with Crippen LogP contribution in [0.25, 0.3) is 0 Å². The molecule has 82 valence electrons. The van der Waals surface area contributed by atoms with Crippen LogP contribution in [0.4, 0.5) is 0 Å². The molecule has 0 aromatic heterocycles. The number of hydrogen-bond donors (Lipinski definition) is 0. The molecule has 0 N–H and O–H groups in total. The number of rotatable bonds is 3. The second kappa shape index (κ2) is 5.43. The van der Waals surface area contributed by atoms with Crippen molar-refractivity contribution >= 4 is 6.92 Å². The molecule has 1 aliphatic heterocycles. The Morgan fingerprint density at radius 1 is 1.27 bits per heavy atom. The second-order valence-corrected chi connectivity index (χ2v) is 4.67. The summed E-state index contributed by atoms with van der Waals surface area (Å²) in [5, 5.41) is 0. The van der Waals surface area contributed by atoms with E-state index in [0.717, 1.165) is 0 Å². The van der Waals surface area contributed by atoms with Crippen molar-refractivity contribution in [2.75, 3.05) is 0 Å². The third kappa shape index (κ3) is 2.90. The Bertz CT molecular complexity index is 268. The zero-order valence-electron chi connectivity index (χ0n) is 9.80. The highest BCUT2D eigenvalue weighted by Crippen LogP contribution is 2.29. The summed E-state index contributed by atoms with van der Waals surface area (Å²) in [6.07, 6.45) is 12.5. The van der Waals surface area contributed by atoms with Crippen LogP contribution in [0, 0.1) is 0 Å². The molecule has 0 amide bonds. The highest BCUT2D eigenvalue weighted by molar-refractivity contribution is 6.58. The fraction of sp³-hybridized carbons (Fsp3) is 0.692. The molecule has 1 aliphatic carbocycles. The molecule has 0 aromatic carbocycles. The minimum Gasteiger partial charge on any atom is -0.559 e. The zero-order valence-corrected chi connectivity index (χ0v) is 9.80. The van der Waals surface area contributed by atoms with Crippen LogP contribution >= 0.6 is 0 Å². The van der Waals surface area contributed by atoms with Gasteiger partial charge < -0.3 is 4.65 Å². The summed E-state index contributed by atoms with van der Waals surface area (Å²) >= 11 is 0. The maximum Gasteiger partial charge on any atom is 0.383 e. The Morgan fingerprint density at radius 3 is 3.00 bits per heavy atom. The van der Waals surface area contributed by atoms with Crippen LogP contribution in [0.15, 0.2) is 23.4 Å². The number of allylic oxidation sites excluding steroid dienone is 3. The lowest BCUT2D eigenvalue weighted by Gasteiger charge is -2.21. The monoisotopic (exact) mass is 204 g/mol. The summed E-state index contributed by atoms with van der Waals surface area (Å²) < 4.78 is 6.07. The lowest BCUT2D eigenvalue weighted by Crippen LogP contribution is -2.19. The van der Waals surface area contributed by atoms with Gasteiger partial charge in [-0.15, -0.1) is 0 Å². The molecular weight excluding hydrogens is 183 g/mol. The van der Waals surface area contributed by atoms with Gasteiger partial charge in [0.05, 0.1) is 5.76 Å². The first-order valence-corrected chi connectivity index (χ1v) is 6.47. The van der Waals surface area contributed by atoms with Gasteiger partial charge in [0.15, 0.2) is 0 Å². The van der Waals surface area contributed by atoms with E-state index in [4.69, 9.17) is 4.65 Å². The molecule has 2 rings (SSSR count). The van der Waals surface area contributed by atoms with Crippen molar-refractivity contribution in [1.29, 1.82) is 0 Å². The Morgan fingerprint density at radius 2 is 2.13 bits per heavy atom. The van der Waals surface area contributed by atoms with E-state index in [9.17, 15) is 0 Å². The van der Waals surface area contributed by atoms with Crippen LogP contribution in [-0.4, -0.2) is 6.92 Å². The SMILES string of the molecule is CCCCB1C=CC2=C(CCCCC2)O1. The van der Waals surface area contributed by atoms with Gasteiger partial charge in [-0.05, 0) is 31.2 Å². The molecule has 1 nitrogen and oxygen atoms in total. The first-order chi connectivity index (χ1) is 7.40. The van der Waals surface area contributed by atoms with Crippen molar-refractivity contribution in [3.05, 3.63) is 23.4 Å². The molecule has 15 heavy (non-hydrogen) atoms. The molecule has 2 heteroatoms. The number of unbranched alkanes of at least 4 members (excludes halogenated alkanes) is 1. The largest absolute Gasteiger partial charge is 0.559 e. The van der Waals surface area contributed by atoms with Gasteiger partial charge in [0, 0.05) is 6.42 Å². The van der Waals surface area contributed by atoms with E-state index in [1.54, 1.807) is 0 Å². The molecule has 1 heterocycles. The average Bonchev–Trinajstić information content (AvgIpc) is 2.50. The molecule has 0 saturated carbocycles. The van der Waals surface area contributed by atoms with Crippen molar-refractivity contribution in [3.63, 3.8) is 0 Å². The minimum atomic E-state index is 0.363. The predicted octanol–water partition coefficient (Wildman–Crippen LogP) is 4.12. The van der Waals surface area contributed by atoms with E-state index < -0.39 is 0 Å². The van der Waals surface area contributed by atoms with Gasteiger partial charge in [-0.3, -0.25) is 0 Å². The van der Waals surface area contributed by atoms with Crippen LogP contribution in [-0.2, 0) is 4.65 Å². The Balaban J connectivity index is 1.94. The minimum absolute atomic E-state index is 0.363. The molecule has 0 spiro atoms. The fourth-order valence-corrected chi connectivity index (χ4v) is 2.39. The second-order valence-electron chi connectivity index (χ2n) is 4.67. The Labute approximate surface area is 93.7 Å². The molecule has 0 aromatic rings. The van der Waals surface area contributed by atoms with Gasteiger partial charge >= 0.3 is 6.92 Å². The summed E-state index contributed by atoms with van der Waals surface area (Å²) in [5.74, 6) is 3.57. The maximum absolute atomic E-state index is 6.07. The number of hydrogen-bond acceptors (Lipinski definition) is 1. The Hall–Kier alpha value is -0.655. The summed E-state index contributed by atoms with van der Waals surface area (Å²) in [5.41, 5.74) is 1.47. The molecule has 2 aliphatic rings. The normalized spacial score (nSPS) is 21.0. The summed E-state index contributed by atoms with van der Waals surface area (Å²) in [6.45, 7) is 2.60. The maximum atomic E-state index is 6.07. The van der Waals surface area contributed by atoms with E-state index in [1.807, 2.05) is 0 Å². The molecule has 0 unspecified atom stereocenters. The summed E-state index contributed by atoms with van der Waals surface area (Å²) in [7, 11) is 0. The van der Waals surface area contributed by atoms with Crippen LogP contribution in [0.1, 0.15) is 51.9 Å². The summed E-state index contributed by atoms with van der Waals surface area (Å²) in [6, 6.07) is 0. The van der Waals surface area contributed by atoms with Crippen molar-refractivity contribution in [2.45, 2.75) is 58.2 Å². The first-order valence-electron chi connectivity index (χ1n) is 6.47. The van der Waals surface area contributed by atoms with Crippen molar-refractivity contribution in [1.82, 2.24) is 0 Å². The van der Waals surface area contributed by atoms with Crippen LogP contribution in [0.3, 0.4) is 0 Å². The van der Waals surface area contributed by atoms with Crippen LogP contribution < -0.4 is 0 Å². The third-order valence-electron chi connectivity index (χ3n) is 3.36. The van der Waals surface area contributed by atoms with Gasteiger partial charge in [-0.25, -0.2) is 0 Å². The highest BCUT2D eigenvalue weighted by Gasteiger charge is 2.21. The van der Waals surface area contributed by atoms with Gasteiger partial charge in [-0.2, -0.15) is 0 Å². The topological polar surface area (TPSA) is 9.23 Å². The van der Waals surface area contributed by atoms with E-state index in [1.165, 1.54) is 62.6 Å². The van der Waals surface area contributed by atoms with Gasteiger partial charge in [0.2, 0.25) is 0 Å². The lowest BCUT2D eigenvalue weighted by molar-refractivity contribution is 0.402. The zero-order chi connectivity index (χ0) is 10.5. The lowest BCUT2D eigenvalue weighted by atomic mass is 9.62. The highest BCUT2D eigenvalue weighted by atomic mass is 16.4. The van der Waals surface area contributed by atoms with Crippen molar-refractivity contribution in [2.24, 2.45) is 0 Å². The van der Waals surface area contributed by atoms with Crippen LogP contribution in [0.5, 0.6) is 0 Å². The fourth-order valence-electron chi connectivity index (χ4n) is 2.39. The molecule has 0 radical (unpaired) electrons. The van der Waals surface area contributed by atoms with Gasteiger partial charge in [-0.1, -0.05) is 38.2 Å². The smallest absolute Gasteiger partial charge is 0.383 e. The summed E-state index contributed by atoms with van der Waals surface area (Å²) in [4.78, 5) is 0. The standard InChI is InChI=1S/C13H21BO/c1-2-3-10-14-11-9-12-7-5-4-6-8-13(12)15-14/h9,11H,2-8,10H2,1H3.